The van der Waals surface area contributed by atoms with Crippen LogP contribution in [0.3, 0.4) is 0 Å². The fourth-order valence-electron chi connectivity index (χ4n) is 2.88. The standard InChI is InChI=1S/C11H11ClF3N3/c12-8-4-9(17-10(16-8)11(13,14)15)18-5-6-1-2-7(18)3-6/h4,6-7H,1-3,5H2. The minimum absolute atomic E-state index is 0.157. The summed E-state index contributed by atoms with van der Waals surface area (Å²) in [4.78, 5) is 8.78. The molecule has 7 heteroatoms. The normalized spacial score (nSPS) is 27.0. The third-order valence-corrected chi connectivity index (χ3v) is 3.83. The van der Waals surface area contributed by atoms with Crippen molar-refractivity contribution in [1.82, 2.24) is 9.97 Å². The summed E-state index contributed by atoms with van der Waals surface area (Å²) in [5.41, 5.74) is 0. The Labute approximate surface area is 107 Å². The molecule has 0 spiro atoms. The Morgan fingerprint density at radius 2 is 2.06 bits per heavy atom. The molecule has 1 aromatic heterocycles. The highest BCUT2D eigenvalue weighted by Crippen LogP contribution is 2.40. The van der Waals surface area contributed by atoms with E-state index in [1.165, 1.54) is 6.07 Å². The van der Waals surface area contributed by atoms with Gasteiger partial charge in [0.2, 0.25) is 5.82 Å². The maximum absolute atomic E-state index is 12.6. The van der Waals surface area contributed by atoms with Crippen molar-refractivity contribution in [3.8, 4) is 0 Å². The molecule has 3 rings (SSSR count). The lowest BCUT2D eigenvalue weighted by Gasteiger charge is -2.28. The van der Waals surface area contributed by atoms with Crippen molar-refractivity contribution in [2.45, 2.75) is 31.5 Å². The van der Waals surface area contributed by atoms with Crippen molar-refractivity contribution in [3.63, 3.8) is 0 Å². The van der Waals surface area contributed by atoms with Gasteiger partial charge in [0.05, 0.1) is 0 Å². The van der Waals surface area contributed by atoms with Crippen LogP contribution in [0.5, 0.6) is 0 Å². The van der Waals surface area contributed by atoms with E-state index < -0.39 is 12.0 Å². The predicted octanol–water partition coefficient (Wildman–Crippen LogP) is 3.14. The van der Waals surface area contributed by atoms with Crippen molar-refractivity contribution in [1.29, 1.82) is 0 Å². The molecule has 2 fully saturated rings. The molecule has 3 nitrogen and oxygen atoms in total. The van der Waals surface area contributed by atoms with Crippen LogP contribution in [-0.2, 0) is 6.18 Å². The first-order valence-electron chi connectivity index (χ1n) is 5.82. The molecule has 1 aliphatic carbocycles. The fraction of sp³-hybridized carbons (Fsp3) is 0.636. The van der Waals surface area contributed by atoms with Gasteiger partial charge < -0.3 is 4.90 Å². The Hall–Kier alpha value is -1.04. The summed E-state index contributed by atoms with van der Waals surface area (Å²) < 4.78 is 37.9. The number of piperidine rings is 1. The molecule has 2 unspecified atom stereocenters. The molecule has 0 aromatic carbocycles. The molecule has 18 heavy (non-hydrogen) atoms. The zero-order valence-electron chi connectivity index (χ0n) is 9.41. The largest absolute Gasteiger partial charge is 0.451 e. The van der Waals surface area contributed by atoms with Crippen molar-refractivity contribution in [2.75, 3.05) is 11.4 Å². The third kappa shape index (κ3) is 2.02. The molecule has 1 saturated carbocycles. The molecule has 2 atom stereocenters. The predicted molar refractivity (Wildman–Crippen MR) is 60.5 cm³/mol. The molecule has 0 radical (unpaired) electrons. The molecule has 1 saturated heterocycles. The van der Waals surface area contributed by atoms with Crippen molar-refractivity contribution in [2.24, 2.45) is 5.92 Å². The van der Waals surface area contributed by atoms with Gasteiger partial charge in [-0.2, -0.15) is 13.2 Å². The molecule has 2 aliphatic rings. The highest BCUT2D eigenvalue weighted by Gasteiger charge is 2.40. The second-order valence-corrected chi connectivity index (χ2v) is 5.24. The first kappa shape index (κ1) is 12.0. The van der Waals surface area contributed by atoms with E-state index in [1.807, 2.05) is 4.90 Å². The van der Waals surface area contributed by atoms with E-state index in [2.05, 4.69) is 9.97 Å². The van der Waals surface area contributed by atoms with E-state index >= 15 is 0 Å². The summed E-state index contributed by atoms with van der Waals surface area (Å²) in [5.74, 6) is -0.277. The molecule has 98 valence electrons. The van der Waals surface area contributed by atoms with Crippen molar-refractivity contribution < 1.29 is 13.2 Å². The maximum atomic E-state index is 12.6. The van der Waals surface area contributed by atoms with E-state index in [9.17, 15) is 13.2 Å². The SMILES string of the molecule is FC(F)(F)c1nc(Cl)cc(N2CC3CCC2C3)n1. The highest BCUT2D eigenvalue weighted by atomic mass is 35.5. The Bertz CT molecular complexity index is 477. The van der Waals surface area contributed by atoms with Crippen LogP contribution in [0.4, 0.5) is 19.0 Å². The van der Waals surface area contributed by atoms with Gasteiger partial charge in [0, 0.05) is 18.7 Å². The Kier molecular flexibility index (Phi) is 2.66. The monoisotopic (exact) mass is 277 g/mol. The van der Waals surface area contributed by atoms with Crippen LogP contribution in [0, 0.1) is 5.92 Å². The van der Waals surface area contributed by atoms with E-state index in [1.54, 1.807) is 0 Å². The van der Waals surface area contributed by atoms with Crippen LogP contribution in [0.2, 0.25) is 5.15 Å². The minimum Gasteiger partial charge on any atom is -0.353 e. The number of alkyl halides is 3. The fourth-order valence-corrected chi connectivity index (χ4v) is 3.06. The average Bonchev–Trinajstić information content (AvgIpc) is 2.88. The Balaban J connectivity index is 1.95. The molecule has 0 N–H and O–H groups in total. The lowest BCUT2D eigenvalue weighted by molar-refractivity contribution is -0.144. The first-order valence-corrected chi connectivity index (χ1v) is 6.19. The van der Waals surface area contributed by atoms with Gasteiger partial charge in [-0.05, 0) is 25.2 Å². The number of anilines is 1. The number of rotatable bonds is 1. The lowest BCUT2D eigenvalue weighted by atomic mass is 10.1. The second kappa shape index (κ2) is 3.98. The van der Waals surface area contributed by atoms with Gasteiger partial charge in [-0.1, -0.05) is 11.6 Å². The Morgan fingerprint density at radius 1 is 1.28 bits per heavy atom. The van der Waals surface area contributed by atoms with Crippen LogP contribution in [0.15, 0.2) is 6.07 Å². The minimum atomic E-state index is -4.56. The first-order chi connectivity index (χ1) is 8.43. The summed E-state index contributed by atoms with van der Waals surface area (Å²) >= 11 is 5.66. The molecule has 1 aromatic rings. The summed E-state index contributed by atoms with van der Waals surface area (Å²) in [6.07, 6.45) is -1.33. The average molecular weight is 278 g/mol. The summed E-state index contributed by atoms with van der Waals surface area (Å²) in [7, 11) is 0. The zero-order valence-corrected chi connectivity index (χ0v) is 10.2. The van der Waals surface area contributed by atoms with Crippen LogP contribution in [0.25, 0.3) is 0 Å². The van der Waals surface area contributed by atoms with E-state index in [0.29, 0.717) is 17.8 Å². The van der Waals surface area contributed by atoms with Crippen LogP contribution < -0.4 is 4.90 Å². The smallest absolute Gasteiger partial charge is 0.353 e. The van der Waals surface area contributed by atoms with Gasteiger partial charge in [0.1, 0.15) is 11.0 Å². The van der Waals surface area contributed by atoms with E-state index in [0.717, 1.165) is 25.8 Å². The molecule has 2 bridgehead atoms. The quantitative estimate of drug-likeness (QED) is 0.739. The number of hydrogen-bond donors (Lipinski definition) is 0. The molecular weight excluding hydrogens is 267 g/mol. The number of nitrogens with zero attached hydrogens (tertiary/aromatic N) is 3. The van der Waals surface area contributed by atoms with Gasteiger partial charge >= 0.3 is 6.18 Å². The topological polar surface area (TPSA) is 29.0 Å². The Morgan fingerprint density at radius 3 is 2.61 bits per heavy atom. The van der Waals surface area contributed by atoms with Gasteiger partial charge in [0.15, 0.2) is 0 Å². The molecule has 0 amide bonds. The summed E-state index contributed by atoms with van der Waals surface area (Å²) in [5, 5.41) is -0.157. The van der Waals surface area contributed by atoms with Gasteiger partial charge in [-0.3, -0.25) is 0 Å². The molecule has 2 heterocycles. The van der Waals surface area contributed by atoms with E-state index in [-0.39, 0.29) is 5.15 Å². The highest BCUT2D eigenvalue weighted by molar-refractivity contribution is 6.29. The number of hydrogen-bond acceptors (Lipinski definition) is 3. The van der Waals surface area contributed by atoms with Crippen molar-refractivity contribution in [3.05, 3.63) is 17.0 Å². The zero-order chi connectivity index (χ0) is 12.9. The number of fused-ring (bicyclic) bond motifs is 2. The van der Waals surface area contributed by atoms with Gasteiger partial charge in [0.25, 0.3) is 0 Å². The molecule has 1 aliphatic heterocycles. The molecular formula is C11H11ClF3N3. The van der Waals surface area contributed by atoms with Gasteiger partial charge in [-0.15, -0.1) is 0 Å². The van der Waals surface area contributed by atoms with E-state index in [4.69, 9.17) is 11.6 Å². The second-order valence-electron chi connectivity index (χ2n) is 4.86. The third-order valence-electron chi connectivity index (χ3n) is 3.64. The van der Waals surface area contributed by atoms with Crippen LogP contribution in [-0.4, -0.2) is 22.6 Å². The number of aromatic nitrogens is 2. The van der Waals surface area contributed by atoms with Crippen LogP contribution in [0.1, 0.15) is 25.1 Å². The van der Waals surface area contributed by atoms with Gasteiger partial charge in [-0.25, -0.2) is 9.97 Å². The van der Waals surface area contributed by atoms with Crippen LogP contribution >= 0.6 is 11.6 Å². The summed E-state index contributed by atoms with van der Waals surface area (Å²) in [6.45, 7) is 0.773. The lowest BCUT2D eigenvalue weighted by Crippen LogP contribution is -2.33. The summed E-state index contributed by atoms with van der Waals surface area (Å²) in [6, 6.07) is 1.72. The maximum Gasteiger partial charge on any atom is 0.451 e. The number of halogens is 4. The van der Waals surface area contributed by atoms with Crippen molar-refractivity contribution >= 4 is 17.4 Å².